The second-order valence-corrected chi connectivity index (χ2v) is 6.01. The first-order chi connectivity index (χ1) is 11.3. The normalized spacial score (nSPS) is 18.6. The van der Waals surface area contributed by atoms with Gasteiger partial charge in [-0.2, -0.15) is 0 Å². The first kappa shape index (κ1) is 15.7. The molecule has 4 nitrogen and oxygen atoms in total. The second kappa shape index (κ2) is 7.38. The van der Waals surface area contributed by atoms with Crippen molar-refractivity contribution in [1.29, 1.82) is 0 Å². The van der Waals surface area contributed by atoms with E-state index in [0.29, 0.717) is 0 Å². The quantitative estimate of drug-likeness (QED) is 0.944. The van der Waals surface area contributed by atoms with E-state index in [-0.39, 0.29) is 11.9 Å². The van der Waals surface area contributed by atoms with Crippen LogP contribution in [0.5, 0.6) is 0 Å². The molecule has 1 atom stereocenters. The molecule has 1 aliphatic rings. The van der Waals surface area contributed by atoms with Crippen molar-refractivity contribution < 1.29 is 4.79 Å². The third-order valence-corrected chi connectivity index (χ3v) is 4.44. The summed E-state index contributed by atoms with van der Waals surface area (Å²) in [7, 11) is 1.72. The van der Waals surface area contributed by atoms with Crippen LogP contribution in [0.3, 0.4) is 0 Å². The molecule has 0 saturated carbocycles. The minimum absolute atomic E-state index is 0.00717. The van der Waals surface area contributed by atoms with Crippen LogP contribution in [-0.4, -0.2) is 35.4 Å². The largest absolute Gasteiger partial charge is 0.358 e. The molecule has 1 saturated heterocycles. The van der Waals surface area contributed by atoms with Crippen molar-refractivity contribution in [1.82, 2.24) is 15.2 Å². The zero-order valence-electron chi connectivity index (χ0n) is 13.5. The smallest absolute Gasteiger partial charge is 0.237 e. The summed E-state index contributed by atoms with van der Waals surface area (Å²) < 4.78 is 0. The van der Waals surface area contributed by atoms with Gasteiger partial charge >= 0.3 is 0 Å². The fraction of sp³-hybridized carbons (Fsp3) is 0.368. The van der Waals surface area contributed by atoms with Crippen LogP contribution >= 0.6 is 0 Å². The SMILES string of the molecule is CNC(=O)C1CCCCN1Cc1cccc(-c2ccccn2)c1. The fourth-order valence-corrected chi connectivity index (χ4v) is 3.24. The van der Waals surface area contributed by atoms with Crippen LogP contribution in [0.15, 0.2) is 48.7 Å². The molecule has 2 heterocycles. The molecule has 0 spiro atoms. The molecule has 0 bridgehead atoms. The summed E-state index contributed by atoms with van der Waals surface area (Å²) in [6, 6.07) is 14.4. The van der Waals surface area contributed by atoms with E-state index >= 15 is 0 Å². The molecular weight excluding hydrogens is 286 g/mol. The van der Waals surface area contributed by atoms with Crippen molar-refractivity contribution in [3.8, 4) is 11.3 Å². The van der Waals surface area contributed by atoms with Crippen LogP contribution in [0, 0.1) is 0 Å². The Morgan fingerprint density at radius 1 is 1.26 bits per heavy atom. The maximum atomic E-state index is 12.1. The lowest BCUT2D eigenvalue weighted by atomic mass is 9.99. The molecule has 3 rings (SSSR count). The molecule has 1 fully saturated rings. The number of rotatable bonds is 4. The van der Waals surface area contributed by atoms with Crippen LogP contribution in [0.4, 0.5) is 0 Å². The van der Waals surface area contributed by atoms with Crippen molar-refractivity contribution in [2.24, 2.45) is 0 Å². The number of piperidine rings is 1. The minimum atomic E-state index is -0.00717. The number of benzene rings is 1. The van der Waals surface area contributed by atoms with Crippen molar-refractivity contribution in [2.45, 2.75) is 31.8 Å². The number of nitrogens with zero attached hydrogens (tertiary/aromatic N) is 2. The van der Waals surface area contributed by atoms with Gasteiger partial charge in [0.05, 0.1) is 11.7 Å². The molecule has 1 N–H and O–H groups in total. The lowest BCUT2D eigenvalue weighted by Crippen LogP contribution is -2.48. The zero-order chi connectivity index (χ0) is 16.1. The van der Waals surface area contributed by atoms with Gasteiger partial charge in [-0.15, -0.1) is 0 Å². The fourth-order valence-electron chi connectivity index (χ4n) is 3.24. The van der Waals surface area contributed by atoms with Gasteiger partial charge in [-0.25, -0.2) is 0 Å². The summed E-state index contributed by atoms with van der Waals surface area (Å²) in [4.78, 5) is 18.8. The van der Waals surface area contributed by atoms with E-state index in [0.717, 1.165) is 43.6 Å². The van der Waals surface area contributed by atoms with Gasteiger partial charge in [0.1, 0.15) is 0 Å². The molecule has 1 aliphatic heterocycles. The summed E-state index contributed by atoms with van der Waals surface area (Å²) in [5.74, 6) is 0.130. The standard InChI is InChI=1S/C19H23N3O/c1-20-19(23)18-10-3-5-12-22(18)14-15-7-6-8-16(13-15)17-9-2-4-11-21-17/h2,4,6-9,11,13,18H,3,5,10,12,14H2,1H3,(H,20,23). The first-order valence-corrected chi connectivity index (χ1v) is 8.24. The maximum absolute atomic E-state index is 12.1. The predicted octanol–water partition coefficient (Wildman–Crippen LogP) is 2.85. The number of carbonyl (C=O) groups is 1. The number of pyridine rings is 1. The number of hydrogen-bond donors (Lipinski definition) is 1. The Labute approximate surface area is 137 Å². The minimum Gasteiger partial charge on any atom is -0.358 e. The summed E-state index contributed by atoms with van der Waals surface area (Å²) in [5, 5.41) is 2.80. The zero-order valence-corrected chi connectivity index (χ0v) is 13.5. The summed E-state index contributed by atoms with van der Waals surface area (Å²) >= 11 is 0. The lowest BCUT2D eigenvalue weighted by molar-refractivity contribution is -0.127. The van der Waals surface area contributed by atoms with Crippen molar-refractivity contribution >= 4 is 5.91 Å². The Morgan fingerprint density at radius 3 is 2.96 bits per heavy atom. The highest BCUT2D eigenvalue weighted by Gasteiger charge is 2.27. The van der Waals surface area contributed by atoms with E-state index in [4.69, 9.17) is 0 Å². The van der Waals surface area contributed by atoms with Crippen LogP contribution in [-0.2, 0) is 11.3 Å². The van der Waals surface area contributed by atoms with Gasteiger partial charge in [0.15, 0.2) is 0 Å². The number of carbonyl (C=O) groups excluding carboxylic acids is 1. The van der Waals surface area contributed by atoms with Gasteiger partial charge < -0.3 is 5.32 Å². The molecular formula is C19H23N3O. The molecule has 23 heavy (non-hydrogen) atoms. The third kappa shape index (κ3) is 3.77. The van der Waals surface area contributed by atoms with Crippen LogP contribution in [0.1, 0.15) is 24.8 Å². The van der Waals surface area contributed by atoms with Gasteiger partial charge in [0.25, 0.3) is 0 Å². The number of nitrogens with one attached hydrogen (secondary N) is 1. The molecule has 2 aromatic rings. The van der Waals surface area contributed by atoms with Crippen LogP contribution < -0.4 is 5.32 Å². The Kier molecular flexibility index (Phi) is 5.03. The Balaban J connectivity index is 1.78. The second-order valence-electron chi connectivity index (χ2n) is 6.01. The van der Waals surface area contributed by atoms with Gasteiger partial charge in [-0.3, -0.25) is 14.7 Å². The summed E-state index contributed by atoms with van der Waals surface area (Å²) in [6.07, 6.45) is 5.05. The highest BCUT2D eigenvalue weighted by molar-refractivity contribution is 5.81. The number of likely N-dealkylation sites (tertiary alicyclic amines) is 1. The Bertz CT molecular complexity index is 657. The number of amides is 1. The van der Waals surface area contributed by atoms with Crippen LogP contribution in [0.2, 0.25) is 0 Å². The van der Waals surface area contributed by atoms with Gasteiger partial charge in [-0.1, -0.05) is 30.7 Å². The molecule has 1 amide bonds. The van der Waals surface area contributed by atoms with Crippen LogP contribution in [0.25, 0.3) is 11.3 Å². The molecule has 1 unspecified atom stereocenters. The van der Waals surface area contributed by atoms with E-state index in [1.165, 1.54) is 5.56 Å². The summed E-state index contributed by atoms with van der Waals surface area (Å²) in [6.45, 7) is 1.78. The average Bonchev–Trinajstić information content (AvgIpc) is 2.62. The Hall–Kier alpha value is -2.20. The Morgan fingerprint density at radius 2 is 2.17 bits per heavy atom. The molecule has 120 valence electrons. The third-order valence-electron chi connectivity index (χ3n) is 4.44. The van der Waals surface area contributed by atoms with Crippen molar-refractivity contribution in [2.75, 3.05) is 13.6 Å². The van der Waals surface area contributed by atoms with E-state index in [2.05, 4.69) is 39.5 Å². The lowest BCUT2D eigenvalue weighted by Gasteiger charge is -2.34. The topological polar surface area (TPSA) is 45.2 Å². The van der Waals surface area contributed by atoms with E-state index in [1.807, 2.05) is 24.4 Å². The van der Waals surface area contributed by atoms with Crippen molar-refractivity contribution in [3.63, 3.8) is 0 Å². The molecule has 1 aromatic carbocycles. The van der Waals surface area contributed by atoms with Gasteiger partial charge in [0, 0.05) is 25.4 Å². The average molecular weight is 309 g/mol. The molecule has 1 aromatic heterocycles. The van der Waals surface area contributed by atoms with Crippen molar-refractivity contribution in [3.05, 3.63) is 54.2 Å². The van der Waals surface area contributed by atoms with E-state index in [9.17, 15) is 4.79 Å². The highest BCUT2D eigenvalue weighted by atomic mass is 16.2. The van der Waals surface area contributed by atoms with E-state index < -0.39 is 0 Å². The predicted molar refractivity (Wildman–Crippen MR) is 91.8 cm³/mol. The molecule has 0 radical (unpaired) electrons. The van der Waals surface area contributed by atoms with Gasteiger partial charge in [0.2, 0.25) is 5.91 Å². The first-order valence-electron chi connectivity index (χ1n) is 8.24. The summed E-state index contributed by atoms with van der Waals surface area (Å²) in [5.41, 5.74) is 3.33. The molecule has 4 heteroatoms. The molecule has 0 aliphatic carbocycles. The monoisotopic (exact) mass is 309 g/mol. The number of aromatic nitrogens is 1. The number of likely N-dealkylation sites (N-methyl/N-ethyl adjacent to an activating group) is 1. The van der Waals surface area contributed by atoms with E-state index in [1.54, 1.807) is 7.05 Å². The van der Waals surface area contributed by atoms with Gasteiger partial charge in [-0.05, 0) is 43.1 Å². The number of hydrogen-bond acceptors (Lipinski definition) is 3. The maximum Gasteiger partial charge on any atom is 0.237 e. The highest BCUT2D eigenvalue weighted by Crippen LogP contribution is 2.22.